The fourth-order valence-corrected chi connectivity index (χ4v) is 6.51. The van der Waals surface area contributed by atoms with Crippen LogP contribution >= 0.6 is 0 Å². The highest BCUT2D eigenvalue weighted by molar-refractivity contribution is 6.23. The predicted molar refractivity (Wildman–Crippen MR) is 177 cm³/mol. The van der Waals surface area contributed by atoms with Gasteiger partial charge in [0.05, 0.1) is 27.8 Å². The number of aromatic nitrogens is 3. The van der Waals surface area contributed by atoms with Gasteiger partial charge in [0.15, 0.2) is 0 Å². The number of aryl methyl sites for hydroxylation is 2. The van der Waals surface area contributed by atoms with Crippen molar-refractivity contribution in [3.05, 3.63) is 139 Å². The molecule has 202 valence electrons. The van der Waals surface area contributed by atoms with Gasteiger partial charge in [-0.3, -0.25) is 4.57 Å². The van der Waals surface area contributed by atoms with Crippen LogP contribution in [0.15, 0.2) is 127 Å². The largest absolute Gasteiger partial charge is 0.307 e. The average molecular weight is 542 g/mol. The van der Waals surface area contributed by atoms with Gasteiger partial charge in [-0.05, 0) is 60.4 Å². The van der Waals surface area contributed by atoms with Crippen LogP contribution in [0.2, 0.25) is 0 Å². The van der Waals surface area contributed by atoms with E-state index in [1.165, 1.54) is 54.9 Å². The molecule has 0 atom stereocenters. The quantitative estimate of drug-likeness (QED) is 0.213. The van der Waals surface area contributed by atoms with Crippen molar-refractivity contribution in [1.29, 1.82) is 0 Å². The summed E-state index contributed by atoms with van der Waals surface area (Å²) < 4.78 is 4.81. The Morgan fingerprint density at radius 1 is 0.476 bits per heavy atom. The lowest BCUT2D eigenvalue weighted by Crippen LogP contribution is -2.01. The van der Waals surface area contributed by atoms with Crippen LogP contribution in [-0.4, -0.2) is 14.1 Å². The molecule has 0 N–H and O–H groups in total. The number of pyridine rings is 1. The Hall–Kier alpha value is -5.15. The molecule has 8 aromatic rings. The maximum absolute atomic E-state index is 5.28. The number of rotatable bonds is 5. The molecule has 0 radical (unpaired) electrons. The second-order valence-electron chi connectivity index (χ2n) is 11.0. The molecule has 0 amide bonds. The van der Waals surface area contributed by atoms with Gasteiger partial charge in [-0.2, -0.15) is 0 Å². The van der Waals surface area contributed by atoms with E-state index in [0.717, 1.165) is 35.4 Å². The topological polar surface area (TPSA) is 22.8 Å². The lowest BCUT2D eigenvalue weighted by molar-refractivity contribution is 1.08. The lowest BCUT2D eigenvalue weighted by atomic mass is 10.1. The summed E-state index contributed by atoms with van der Waals surface area (Å²) in [4.78, 5) is 5.28. The van der Waals surface area contributed by atoms with Gasteiger partial charge in [-0.25, -0.2) is 4.98 Å². The standard InChI is InChI=1S/C39H31N3/c1-3-26-16-20-28(21-17-26)34-12-9-15-37(40-34)42-36-14-8-6-11-31(36)33-25-24-32-30-10-5-7-13-35(30)41(38(32)39(33)42)29-22-18-27(4-2)19-23-29/h5-25H,3-4H2,1-2H3. The monoisotopic (exact) mass is 541 g/mol. The number of fused-ring (bicyclic) bond motifs is 7. The number of para-hydroxylation sites is 2. The van der Waals surface area contributed by atoms with Crippen LogP contribution in [0.5, 0.6) is 0 Å². The highest BCUT2D eigenvalue weighted by Gasteiger charge is 2.21. The maximum atomic E-state index is 5.28. The second kappa shape index (κ2) is 9.74. The van der Waals surface area contributed by atoms with Crippen LogP contribution in [-0.2, 0) is 12.8 Å². The van der Waals surface area contributed by atoms with Crippen LogP contribution in [0.4, 0.5) is 0 Å². The minimum Gasteiger partial charge on any atom is -0.307 e. The summed E-state index contributed by atoms with van der Waals surface area (Å²) in [7, 11) is 0. The Morgan fingerprint density at radius 3 is 1.64 bits per heavy atom. The fourth-order valence-electron chi connectivity index (χ4n) is 6.51. The number of nitrogens with zero attached hydrogens (tertiary/aromatic N) is 3. The van der Waals surface area contributed by atoms with E-state index in [0.29, 0.717) is 0 Å². The van der Waals surface area contributed by atoms with E-state index in [-0.39, 0.29) is 0 Å². The van der Waals surface area contributed by atoms with Crippen LogP contribution in [0.1, 0.15) is 25.0 Å². The molecule has 0 aliphatic heterocycles. The first-order chi connectivity index (χ1) is 20.7. The van der Waals surface area contributed by atoms with E-state index < -0.39 is 0 Å². The molecule has 0 aliphatic carbocycles. The molecule has 0 spiro atoms. The third kappa shape index (κ3) is 3.70. The zero-order valence-electron chi connectivity index (χ0n) is 23.9. The van der Waals surface area contributed by atoms with Crippen LogP contribution in [0, 0.1) is 0 Å². The number of hydrogen-bond donors (Lipinski definition) is 0. The van der Waals surface area contributed by atoms with Gasteiger partial charge >= 0.3 is 0 Å². The molecule has 3 aromatic heterocycles. The molecule has 0 fully saturated rings. The maximum Gasteiger partial charge on any atom is 0.138 e. The van der Waals surface area contributed by atoms with Crippen molar-refractivity contribution in [1.82, 2.24) is 14.1 Å². The molecule has 3 heteroatoms. The van der Waals surface area contributed by atoms with Gasteiger partial charge in [0.1, 0.15) is 5.82 Å². The highest BCUT2D eigenvalue weighted by Crippen LogP contribution is 2.41. The van der Waals surface area contributed by atoms with E-state index in [2.05, 4.69) is 150 Å². The van der Waals surface area contributed by atoms with E-state index in [1.807, 2.05) is 0 Å². The molecule has 0 aliphatic rings. The van der Waals surface area contributed by atoms with Gasteiger partial charge in [-0.1, -0.05) is 105 Å². The van der Waals surface area contributed by atoms with Crippen LogP contribution in [0.25, 0.3) is 66.4 Å². The Bertz CT molecular complexity index is 2250. The summed E-state index contributed by atoms with van der Waals surface area (Å²) in [5.74, 6) is 0.920. The number of hydrogen-bond acceptors (Lipinski definition) is 1. The van der Waals surface area contributed by atoms with Gasteiger partial charge in [-0.15, -0.1) is 0 Å². The Morgan fingerprint density at radius 2 is 1.02 bits per heavy atom. The van der Waals surface area contributed by atoms with Crippen LogP contribution in [0.3, 0.4) is 0 Å². The smallest absolute Gasteiger partial charge is 0.138 e. The summed E-state index contributed by atoms with van der Waals surface area (Å²) in [6.45, 7) is 4.39. The lowest BCUT2D eigenvalue weighted by Gasteiger charge is -2.13. The number of benzene rings is 5. The minimum absolute atomic E-state index is 0.920. The third-order valence-electron chi connectivity index (χ3n) is 8.69. The van der Waals surface area contributed by atoms with Crippen molar-refractivity contribution in [2.24, 2.45) is 0 Å². The van der Waals surface area contributed by atoms with Crippen molar-refractivity contribution in [2.45, 2.75) is 26.7 Å². The molecule has 42 heavy (non-hydrogen) atoms. The summed E-state index contributed by atoms with van der Waals surface area (Å²) in [6.07, 6.45) is 2.05. The molecule has 0 saturated carbocycles. The van der Waals surface area contributed by atoms with Crippen molar-refractivity contribution in [2.75, 3.05) is 0 Å². The third-order valence-corrected chi connectivity index (χ3v) is 8.69. The predicted octanol–water partition coefficient (Wildman–Crippen LogP) is 10.1. The normalized spacial score (nSPS) is 11.8. The van der Waals surface area contributed by atoms with E-state index in [1.54, 1.807) is 0 Å². The Balaban J connectivity index is 1.50. The first-order valence-corrected chi connectivity index (χ1v) is 14.9. The SMILES string of the molecule is CCc1ccc(-c2cccc(-n3c4ccccc4c4ccc5c6ccccc6n(-c6ccc(CC)cc6)c5c43)n2)cc1. The fraction of sp³-hybridized carbons (Fsp3) is 0.103. The summed E-state index contributed by atoms with van der Waals surface area (Å²) in [5.41, 5.74) is 10.7. The zero-order chi connectivity index (χ0) is 28.2. The first-order valence-electron chi connectivity index (χ1n) is 14.9. The van der Waals surface area contributed by atoms with Crippen molar-refractivity contribution in [3.8, 4) is 22.8 Å². The molecule has 0 saturated heterocycles. The molecule has 3 heterocycles. The summed E-state index contributed by atoms with van der Waals surface area (Å²) in [6, 6.07) is 46.2. The van der Waals surface area contributed by atoms with Gasteiger partial charge in [0, 0.05) is 32.8 Å². The highest BCUT2D eigenvalue weighted by atomic mass is 15.1. The van der Waals surface area contributed by atoms with E-state index in [4.69, 9.17) is 4.98 Å². The molecule has 0 unspecified atom stereocenters. The molecule has 8 rings (SSSR count). The minimum atomic E-state index is 0.920. The molecule has 3 nitrogen and oxygen atoms in total. The molecule has 0 bridgehead atoms. The Labute approximate surface area is 245 Å². The average Bonchev–Trinajstić information content (AvgIpc) is 3.58. The van der Waals surface area contributed by atoms with Crippen molar-refractivity contribution < 1.29 is 0 Å². The van der Waals surface area contributed by atoms with Crippen LogP contribution < -0.4 is 0 Å². The van der Waals surface area contributed by atoms with Crippen molar-refractivity contribution in [3.63, 3.8) is 0 Å². The molecule has 5 aromatic carbocycles. The first kappa shape index (κ1) is 24.6. The second-order valence-corrected chi connectivity index (χ2v) is 11.0. The van der Waals surface area contributed by atoms with Crippen molar-refractivity contribution >= 4 is 43.6 Å². The zero-order valence-corrected chi connectivity index (χ0v) is 23.9. The van der Waals surface area contributed by atoms with Gasteiger partial charge < -0.3 is 4.57 Å². The molecular weight excluding hydrogens is 510 g/mol. The van der Waals surface area contributed by atoms with E-state index in [9.17, 15) is 0 Å². The Kier molecular flexibility index (Phi) is 5.71. The summed E-state index contributed by atoms with van der Waals surface area (Å²) >= 11 is 0. The molecular formula is C39H31N3. The van der Waals surface area contributed by atoms with Gasteiger partial charge in [0.2, 0.25) is 0 Å². The summed E-state index contributed by atoms with van der Waals surface area (Å²) in [5, 5.41) is 4.95. The van der Waals surface area contributed by atoms with E-state index >= 15 is 0 Å². The van der Waals surface area contributed by atoms with Gasteiger partial charge in [0.25, 0.3) is 0 Å².